The molecule has 26 heavy (non-hydrogen) atoms. The summed E-state index contributed by atoms with van der Waals surface area (Å²) in [6.45, 7) is 5.18. The molecule has 0 fully saturated rings. The van der Waals surface area contributed by atoms with Crippen LogP contribution in [0.25, 0.3) is 0 Å². The molecule has 0 atom stereocenters. The lowest BCUT2D eigenvalue weighted by molar-refractivity contribution is 0.0379. The molecule has 0 unspecified atom stereocenters. The second-order valence-corrected chi connectivity index (χ2v) is 6.71. The maximum absolute atomic E-state index is 12.4. The normalized spacial score (nSPS) is 10.8. The van der Waals surface area contributed by atoms with E-state index in [1.54, 1.807) is 27.0 Å². The van der Waals surface area contributed by atoms with Gasteiger partial charge in [-0.1, -0.05) is 0 Å². The largest absolute Gasteiger partial charge is 0.459 e. The smallest absolute Gasteiger partial charge is 0.341 e. The third-order valence-electron chi connectivity index (χ3n) is 3.28. The molecule has 140 valence electrons. The third-order valence-corrected chi connectivity index (χ3v) is 4.50. The first-order valence-corrected chi connectivity index (χ1v) is 8.54. The highest BCUT2D eigenvalue weighted by Gasteiger charge is 2.27. The number of aromatic nitrogens is 2. The van der Waals surface area contributed by atoms with Gasteiger partial charge in [-0.25, -0.2) is 9.48 Å². The summed E-state index contributed by atoms with van der Waals surface area (Å²) in [6.07, 6.45) is 1.23. The zero-order chi connectivity index (χ0) is 19.4. The summed E-state index contributed by atoms with van der Waals surface area (Å²) in [5.74, 6) is -1.85. The number of esters is 1. The van der Waals surface area contributed by atoms with Gasteiger partial charge in [0.25, 0.3) is 11.8 Å². The monoisotopic (exact) mass is 380 g/mol. The van der Waals surface area contributed by atoms with Gasteiger partial charge in [0.2, 0.25) is 0 Å². The zero-order valence-electron chi connectivity index (χ0n) is 14.9. The van der Waals surface area contributed by atoms with Gasteiger partial charge in [-0.05, 0) is 32.4 Å². The van der Waals surface area contributed by atoms with Crippen LogP contribution in [0.4, 0.5) is 5.00 Å². The van der Waals surface area contributed by atoms with E-state index >= 15 is 0 Å². The van der Waals surface area contributed by atoms with Crippen molar-refractivity contribution in [3.63, 3.8) is 0 Å². The summed E-state index contributed by atoms with van der Waals surface area (Å²) in [5, 5.41) is 6.85. The Labute approximate surface area is 154 Å². The maximum Gasteiger partial charge on any atom is 0.341 e. The highest BCUT2D eigenvalue weighted by Crippen LogP contribution is 2.34. The molecule has 2 rings (SSSR count). The van der Waals surface area contributed by atoms with E-state index in [0.29, 0.717) is 5.56 Å². The van der Waals surface area contributed by atoms with Crippen LogP contribution >= 0.6 is 11.3 Å². The Morgan fingerprint density at radius 1 is 1.38 bits per heavy atom. The predicted octanol–water partition coefficient (Wildman–Crippen LogP) is 1.77. The molecule has 10 heteroatoms. The fraction of sp³-hybridized carbons (Fsp3) is 0.375. The van der Waals surface area contributed by atoms with Crippen molar-refractivity contribution < 1.29 is 23.9 Å². The van der Waals surface area contributed by atoms with Crippen LogP contribution in [0, 0.1) is 6.92 Å². The number of nitrogens with zero attached hydrogens (tertiary/aromatic N) is 2. The number of carbonyl (C=O) groups excluding carboxylic acids is 3. The summed E-state index contributed by atoms with van der Waals surface area (Å²) in [4.78, 5) is 36.6. The van der Waals surface area contributed by atoms with Crippen molar-refractivity contribution in [2.75, 3.05) is 12.4 Å². The lowest BCUT2D eigenvalue weighted by Gasteiger charge is -2.10. The molecular formula is C16H20N4O5S. The molecule has 0 bridgehead atoms. The van der Waals surface area contributed by atoms with E-state index in [2.05, 4.69) is 10.4 Å². The van der Waals surface area contributed by atoms with Gasteiger partial charge in [-0.3, -0.25) is 9.59 Å². The molecular weight excluding hydrogens is 360 g/mol. The number of rotatable bonds is 7. The Bertz CT molecular complexity index is 840. The van der Waals surface area contributed by atoms with Crippen LogP contribution in [0.1, 0.15) is 49.9 Å². The molecule has 2 aromatic rings. The number of thiophene rings is 1. The number of nitrogens with one attached hydrogen (secondary N) is 1. The van der Waals surface area contributed by atoms with Gasteiger partial charge in [-0.2, -0.15) is 5.10 Å². The van der Waals surface area contributed by atoms with E-state index in [0.717, 1.165) is 11.3 Å². The number of hydrogen-bond donors (Lipinski definition) is 2. The molecule has 0 radical (unpaired) electrons. The van der Waals surface area contributed by atoms with Crippen molar-refractivity contribution in [2.24, 2.45) is 5.73 Å². The molecule has 0 spiro atoms. The topological polar surface area (TPSA) is 126 Å². The van der Waals surface area contributed by atoms with Crippen molar-refractivity contribution in [3.8, 4) is 0 Å². The minimum atomic E-state index is -0.684. The van der Waals surface area contributed by atoms with E-state index < -0.39 is 17.8 Å². The van der Waals surface area contributed by atoms with E-state index in [4.69, 9.17) is 15.2 Å². The van der Waals surface area contributed by atoms with Gasteiger partial charge in [-0.15, -0.1) is 11.3 Å². The molecule has 0 saturated heterocycles. The average Bonchev–Trinajstić information content (AvgIpc) is 3.12. The van der Waals surface area contributed by atoms with Crippen LogP contribution < -0.4 is 11.1 Å². The van der Waals surface area contributed by atoms with Crippen molar-refractivity contribution in [2.45, 2.75) is 33.6 Å². The molecule has 9 nitrogen and oxygen atoms in total. The second kappa shape index (κ2) is 8.11. The number of methoxy groups -OCH3 is 1. The van der Waals surface area contributed by atoms with Crippen molar-refractivity contribution in [1.29, 1.82) is 0 Å². The summed E-state index contributed by atoms with van der Waals surface area (Å²) in [7, 11) is 1.51. The zero-order valence-corrected chi connectivity index (χ0v) is 15.7. The highest BCUT2D eigenvalue weighted by atomic mass is 32.1. The summed E-state index contributed by atoms with van der Waals surface area (Å²) in [5.41, 5.74) is 5.97. The Kier molecular flexibility index (Phi) is 6.11. The molecule has 0 aliphatic heterocycles. The summed E-state index contributed by atoms with van der Waals surface area (Å²) in [6, 6.07) is 1.51. The van der Waals surface area contributed by atoms with Gasteiger partial charge in [0.15, 0.2) is 5.69 Å². The standard InChI is InChI=1S/C16H20N4O5S/c1-8(2)25-16(23)11-9(3)12(13(17)21)26-15(11)18-14(22)10-5-6-20(19-10)7-24-4/h5-6,8H,7H2,1-4H3,(H2,17,21)(H,18,22). The van der Waals surface area contributed by atoms with Crippen LogP contribution in [-0.2, 0) is 16.2 Å². The predicted molar refractivity (Wildman–Crippen MR) is 95.3 cm³/mol. The van der Waals surface area contributed by atoms with Crippen molar-refractivity contribution >= 4 is 34.1 Å². The minimum absolute atomic E-state index is 0.113. The summed E-state index contributed by atoms with van der Waals surface area (Å²) < 4.78 is 11.6. The second-order valence-electron chi connectivity index (χ2n) is 5.69. The van der Waals surface area contributed by atoms with E-state index in [1.165, 1.54) is 17.9 Å². The van der Waals surface area contributed by atoms with E-state index in [-0.39, 0.29) is 34.0 Å². The van der Waals surface area contributed by atoms with Crippen LogP contribution in [-0.4, -0.2) is 40.8 Å². The Balaban J connectivity index is 2.34. The lowest BCUT2D eigenvalue weighted by atomic mass is 10.1. The van der Waals surface area contributed by atoms with Crippen molar-refractivity contribution in [1.82, 2.24) is 9.78 Å². The SMILES string of the molecule is COCn1ccc(C(=O)Nc2sc(C(N)=O)c(C)c2C(=O)OC(C)C)n1. The molecule has 0 aliphatic rings. The molecule has 0 aliphatic carbocycles. The third kappa shape index (κ3) is 4.27. The number of primary amides is 1. The number of hydrogen-bond acceptors (Lipinski definition) is 7. The number of amides is 2. The van der Waals surface area contributed by atoms with E-state index in [1.807, 2.05) is 0 Å². The number of nitrogens with two attached hydrogens (primary N) is 1. The van der Waals surface area contributed by atoms with Crippen molar-refractivity contribution in [3.05, 3.63) is 34.0 Å². The lowest BCUT2D eigenvalue weighted by Crippen LogP contribution is -2.17. The molecule has 3 N–H and O–H groups in total. The van der Waals surface area contributed by atoms with Gasteiger partial charge in [0, 0.05) is 13.3 Å². The fourth-order valence-corrected chi connectivity index (χ4v) is 3.25. The first kappa shape index (κ1) is 19.6. The maximum atomic E-state index is 12.4. The van der Waals surface area contributed by atoms with Crippen LogP contribution in [0.2, 0.25) is 0 Å². The Hall–Kier alpha value is -2.72. The molecule has 0 saturated carbocycles. The van der Waals surface area contributed by atoms with Gasteiger partial charge >= 0.3 is 5.97 Å². The first-order valence-electron chi connectivity index (χ1n) is 7.72. The average molecular weight is 380 g/mol. The molecule has 2 amide bonds. The number of ether oxygens (including phenoxy) is 2. The van der Waals surface area contributed by atoms with Crippen LogP contribution in [0.5, 0.6) is 0 Å². The first-order chi connectivity index (χ1) is 12.2. The van der Waals surface area contributed by atoms with Gasteiger partial charge < -0.3 is 20.5 Å². The number of carbonyl (C=O) groups is 3. The molecule has 2 aromatic heterocycles. The minimum Gasteiger partial charge on any atom is -0.459 e. The van der Waals surface area contributed by atoms with Crippen LogP contribution in [0.3, 0.4) is 0 Å². The van der Waals surface area contributed by atoms with Gasteiger partial charge in [0.1, 0.15) is 11.7 Å². The molecule has 0 aromatic carbocycles. The Morgan fingerprint density at radius 3 is 2.65 bits per heavy atom. The van der Waals surface area contributed by atoms with Crippen LogP contribution in [0.15, 0.2) is 12.3 Å². The van der Waals surface area contributed by atoms with Gasteiger partial charge in [0.05, 0.1) is 16.5 Å². The van der Waals surface area contributed by atoms with E-state index in [9.17, 15) is 14.4 Å². The molecule has 2 heterocycles. The highest BCUT2D eigenvalue weighted by molar-refractivity contribution is 7.18. The quantitative estimate of drug-likeness (QED) is 0.705. The fourth-order valence-electron chi connectivity index (χ4n) is 2.21. The Morgan fingerprint density at radius 2 is 2.08 bits per heavy atom. The summed E-state index contributed by atoms with van der Waals surface area (Å²) >= 11 is 0.923. The number of anilines is 1.